The molecule has 0 spiro atoms. The van der Waals surface area contributed by atoms with Gasteiger partial charge in [-0.3, -0.25) is 9.78 Å². The number of amides is 1. The summed E-state index contributed by atoms with van der Waals surface area (Å²) >= 11 is 1.21. The number of nitrogens with one attached hydrogen (secondary N) is 1. The molecule has 0 saturated carbocycles. The van der Waals surface area contributed by atoms with Crippen LogP contribution in [0.25, 0.3) is 33.1 Å². The molecule has 31 heavy (non-hydrogen) atoms. The number of rotatable bonds is 5. The summed E-state index contributed by atoms with van der Waals surface area (Å²) in [6.45, 7) is 1.91. The van der Waals surface area contributed by atoms with Crippen molar-refractivity contribution in [3.63, 3.8) is 0 Å². The van der Waals surface area contributed by atoms with Crippen molar-refractivity contribution < 1.29 is 9.21 Å². The van der Waals surface area contributed by atoms with E-state index in [0.29, 0.717) is 11.1 Å². The van der Waals surface area contributed by atoms with E-state index in [2.05, 4.69) is 20.5 Å². The summed E-state index contributed by atoms with van der Waals surface area (Å²) in [5.41, 5.74) is 3.32. The molecule has 5 rings (SSSR count). The van der Waals surface area contributed by atoms with Gasteiger partial charge in [0.1, 0.15) is 0 Å². The van der Waals surface area contributed by atoms with E-state index in [9.17, 15) is 4.79 Å². The number of aryl methyl sites for hydroxylation is 1. The van der Waals surface area contributed by atoms with Gasteiger partial charge >= 0.3 is 0 Å². The van der Waals surface area contributed by atoms with Crippen LogP contribution < -0.4 is 5.32 Å². The molecule has 6 nitrogen and oxygen atoms in total. The number of thioether (sulfide) groups is 1. The van der Waals surface area contributed by atoms with Gasteiger partial charge in [0.05, 0.1) is 17.0 Å². The van der Waals surface area contributed by atoms with E-state index < -0.39 is 0 Å². The highest BCUT2D eigenvalue weighted by Gasteiger charge is 2.14. The van der Waals surface area contributed by atoms with E-state index in [1.54, 1.807) is 0 Å². The van der Waals surface area contributed by atoms with E-state index in [0.717, 1.165) is 38.6 Å². The molecule has 0 bridgehead atoms. The van der Waals surface area contributed by atoms with Crippen molar-refractivity contribution in [3.05, 3.63) is 78.5 Å². The fraction of sp³-hybridized carbons (Fsp3) is 0.0833. The van der Waals surface area contributed by atoms with E-state index >= 15 is 0 Å². The number of nitrogens with zero attached hydrogens (tertiary/aromatic N) is 3. The van der Waals surface area contributed by atoms with Gasteiger partial charge in [-0.15, -0.1) is 10.2 Å². The average molecular weight is 427 g/mol. The second-order valence-electron chi connectivity index (χ2n) is 7.07. The van der Waals surface area contributed by atoms with E-state index in [1.807, 2.05) is 79.7 Å². The van der Waals surface area contributed by atoms with Crippen LogP contribution in [0.4, 0.5) is 5.69 Å². The maximum Gasteiger partial charge on any atom is 0.277 e. The highest BCUT2D eigenvalue weighted by molar-refractivity contribution is 7.99. The Morgan fingerprint density at radius 3 is 2.65 bits per heavy atom. The molecule has 0 aliphatic carbocycles. The standard InChI is InChI=1S/C24H18N4O2S/c1-15-13-21(19-10-4-5-12-20(19)25-15)26-22(29)14-31-24-28-27-23(30-24)18-11-6-8-16-7-2-3-9-17(16)18/h2-13H,14H2,1H3,(H,25,26,29). The van der Waals surface area contributed by atoms with Gasteiger partial charge in [-0.1, -0.05) is 66.4 Å². The van der Waals surface area contributed by atoms with Crippen LogP contribution in [-0.2, 0) is 4.79 Å². The van der Waals surface area contributed by atoms with Crippen LogP contribution in [0, 0.1) is 6.92 Å². The van der Waals surface area contributed by atoms with Crippen molar-refractivity contribution in [2.75, 3.05) is 11.1 Å². The molecule has 7 heteroatoms. The quantitative estimate of drug-likeness (QED) is 0.375. The SMILES string of the molecule is Cc1cc(NC(=O)CSc2nnc(-c3cccc4ccccc34)o2)c2ccccc2n1. The van der Waals surface area contributed by atoms with Crippen LogP contribution in [-0.4, -0.2) is 26.8 Å². The maximum atomic E-state index is 12.6. The molecule has 2 heterocycles. The number of carbonyl (C=O) groups is 1. The Labute approximate surface area is 182 Å². The molecule has 152 valence electrons. The molecule has 0 unspecified atom stereocenters. The molecule has 2 aromatic heterocycles. The lowest BCUT2D eigenvalue weighted by Gasteiger charge is -2.09. The monoisotopic (exact) mass is 426 g/mol. The number of carbonyl (C=O) groups excluding carboxylic acids is 1. The Morgan fingerprint density at radius 2 is 1.74 bits per heavy atom. The molecule has 0 aliphatic heterocycles. The first-order chi connectivity index (χ1) is 15.2. The fourth-order valence-electron chi connectivity index (χ4n) is 3.51. The molecule has 0 atom stereocenters. The first kappa shape index (κ1) is 19.3. The zero-order valence-corrected chi connectivity index (χ0v) is 17.5. The zero-order chi connectivity index (χ0) is 21.2. The second kappa shape index (κ2) is 8.20. The van der Waals surface area contributed by atoms with Gasteiger partial charge in [0.25, 0.3) is 5.22 Å². The lowest BCUT2D eigenvalue weighted by molar-refractivity contribution is -0.113. The molecule has 1 amide bonds. The van der Waals surface area contributed by atoms with E-state index in [-0.39, 0.29) is 11.7 Å². The van der Waals surface area contributed by atoms with E-state index in [4.69, 9.17) is 4.42 Å². The molecule has 0 radical (unpaired) electrons. The highest BCUT2D eigenvalue weighted by Crippen LogP contribution is 2.30. The summed E-state index contributed by atoms with van der Waals surface area (Å²) in [6, 6.07) is 23.6. The van der Waals surface area contributed by atoms with Gasteiger partial charge in [-0.05, 0) is 35.9 Å². The second-order valence-corrected chi connectivity index (χ2v) is 7.99. The molecular weight excluding hydrogens is 408 g/mol. The summed E-state index contributed by atoms with van der Waals surface area (Å²) in [4.78, 5) is 17.1. The number of hydrogen-bond acceptors (Lipinski definition) is 6. The summed E-state index contributed by atoms with van der Waals surface area (Å²) < 4.78 is 5.82. The van der Waals surface area contributed by atoms with E-state index in [1.165, 1.54) is 11.8 Å². The first-order valence-corrected chi connectivity index (χ1v) is 10.8. The van der Waals surface area contributed by atoms with Gasteiger partial charge in [-0.25, -0.2) is 0 Å². The Morgan fingerprint density at radius 1 is 0.968 bits per heavy atom. The number of para-hydroxylation sites is 1. The zero-order valence-electron chi connectivity index (χ0n) is 16.7. The van der Waals surface area contributed by atoms with Crippen LogP contribution >= 0.6 is 11.8 Å². The van der Waals surface area contributed by atoms with Gasteiger partial charge in [-0.2, -0.15) is 0 Å². The Balaban J connectivity index is 1.30. The third kappa shape index (κ3) is 4.00. The molecule has 0 aliphatic rings. The third-order valence-corrected chi connectivity index (χ3v) is 5.69. The fourth-order valence-corrected chi connectivity index (χ4v) is 4.08. The molecule has 3 aromatic carbocycles. The predicted octanol–water partition coefficient (Wildman–Crippen LogP) is 5.48. The van der Waals surface area contributed by atoms with Gasteiger partial charge in [0, 0.05) is 16.6 Å². The van der Waals surface area contributed by atoms with Gasteiger partial charge < -0.3 is 9.73 Å². The smallest absolute Gasteiger partial charge is 0.277 e. The number of aromatic nitrogens is 3. The van der Waals surface area contributed by atoms with Gasteiger partial charge in [0.2, 0.25) is 11.8 Å². The van der Waals surface area contributed by atoms with Gasteiger partial charge in [0.15, 0.2) is 0 Å². The number of hydrogen-bond donors (Lipinski definition) is 1. The normalized spacial score (nSPS) is 11.1. The predicted molar refractivity (Wildman–Crippen MR) is 123 cm³/mol. The summed E-state index contributed by atoms with van der Waals surface area (Å²) in [5.74, 6) is 0.452. The molecule has 0 fully saturated rings. The lowest BCUT2D eigenvalue weighted by atomic mass is 10.0. The lowest BCUT2D eigenvalue weighted by Crippen LogP contribution is -2.14. The van der Waals surface area contributed by atoms with Crippen LogP contribution in [0.15, 0.2) is 82.4 Å². The minimum atomic E-state index is -0.148. The summed E-state index contributed by atoms with van der Waals surface area (Å²) in [7, 11) is 0. The average Bonchev–Trinajstić information content (AvgIpc) is 3.26. The van der Waals surface area contributed by atoms with Crippen molar-refractivity contribution in [2.45, 2.75) is 12.1 Å². The van der Waals surface area contributed by atoms with Crippen molar-refractivity contribution in [2.24, 2.45) is 0 Å². The van der Waals surface area contributed by atoms with Crippen molar-refractivity contribution in [1.29, 1.82) is 0 Å². The first-order valence-electron chi connectivity index (χ1n) is 9.78. The molecule has 0 saturated heterocycles. The van der Waals surface area contributed by atoms with Crippen molar-refractivity contribution in [3.8, 4) is 11.5 Å². The van der Waals surface area contributed by atoms with Crippen molar-refractivity contribution in [1.82, 2.24) is 15.2 Å². The topological polar surface area (TPSA) is 80.9 Å². The minimum absolute atomic E-state index is 0.148. The number of pyridine rings is 1. The Kier molecular flexibility index (Phi) is 5.09. The highest BCUT2D eigenvalue weighted by atomic mass is 32.2. The Hall–Kier alpha value is -3.71. The Bertz CT molecular complexity index is 1410. The van der Waals surface area contributed by atoms with Crippen LogP contribution in [0.2, 0.25) is 0 Å². The minimum Gasteiger partial charge on any atom is -0.411 e. The van der Waals surface area contributed by atoms with Crippen LogP contribution in [0.3, 0.4) is 0 Å². The van der Waals surface area contributed by atoms with Crippen molar-refractivity contribution >= 4 is 45.0 Å². The third-order valence-electron chi connectivity index (χ3n) is 4.87. The molecule has 5 aromatic rings. The molecular formula is C24H18N4O2S. The molecule has 1 N–H and O–H groups in total. The number of benzene rings is 3. The number of fused-ring (bicyclic) bond motifs is 2. The maximum absolute atomic E-state index is 12.6. The van der Waals surface area contributed by atoms with Crippen LogP contribution in [0.1, 0.15) is 5.69 Å². The summed E-state index contributed by atoms with van der Waals surface area (Å²) in [5, 5.41) is 14.6. The largest absolute Gasteiger partial charge is 0.411 e. The van der Waals surface area contributed by atoms with Crippen LogP contribution in [0.5, 0.6) is 0 Å². The summed E-state index contributed by atoms with van der Waals surface area (Å²) in [6.07, 6.45) is 0. The number of anilines is 1.